The van der Waals surface area contributed by atoms with Gasteiger partial charge in [0.2, 0.25) is 15.9 Å². The zero-order valence-electron chi connectivity index (χ0n) is 17.2. The predicted molar refractivity (Wildman–Crippen MR) is 116 cm³/mol. The second kappa shape index (κ2) is 8.20. The quantitative estimate of drug-likeness (QED) is 0.632. The average Bonchev–Trinajstić information content (AvgIpc) is 3.15. The molecule has 0 bridgehead atoms. The Labute approximate surface area is 176 Å². The van der Waals surface area contributed by atoms with E-state index in [4.69, 9.17) is 10.2 Å². The number of nitrogens with one attached hydrogen (secondary N) is 1. The van der Waals surface area contributed by atoms with Gasteiger partial charge >= 0.3 is 0 Å². The van der Waals surface area contributed by atoms with Crippen LogP contribution in [0.1, 0.15) is 43.4 Å². The first-order chi connectivity index (χ1) is 14.3. The third-order valence-electron chi connectivity index (χ3n) is 5.53. The lowest BCUT2D eigenvalue weighted by Crippen LogP contribution is -2.36. The van der Waals surface area contributed by atoms with Gasteiger partial charge in [-0.15, -0.1) is 0 Å². The van der Waals surface area contributed by atoms with Crippen LogP contribution in [-0.2, 0) is 10.0 Å². The molecule has 2 aromatic heterocycles. The Hall–Kier alpha value is -2.71. The zero-order chi connectivity index (χ0) is 21.3. The average molecular weight is 427 g/mol. The van der Waals surface area contributed by atoms with Crippen LogP contribution >= 0.6 is 0 Å². The van der Waals surface area contributed by atoms with E-state index in [1.54, 1.807) is 24.5 Å². The number of rotatable bonds is 5. The number of pyridine rings is 1. The van der Waals surface area contributed by atoms with E-state index in [1.807, 2.05) is 26.0 Å². The maximum Gasteiger partial charge on any atom is 0.240 e. The molecule has 158 valence electrons. The second-order valence-electron chi connectivity index (χ2n) is 7.87. The van der Waals surface area contributed by atoms with E-state index in [0.29, 0.717) is 23.0 Å². The fourth-order valence-electron chi connectivity index (χ4n) is 3.86. The Morgan fingerprint density at radius 3 is 2.50 bits per heavy atom. The highest BCUT2D eigenvalue weighted by Crippen LogP contribution is 2.32. The van der Waals surface area contributed by atoms with E-state index in [9.17, 15) is 8.42 Å². The molecular weight excluding hydrogens is 400 g/mol. The number of benzene rings is 1. The number of sulfonamides is 1. The molecule has 0 atom stereocenters. The Balaban J connectivity index is 1.70. The molecule has 1 aromatic carbocycles. The summed E-state index contributed by atoms with van der Waals surface area (Å²) in [5.41, 5.74) is 9.08. The summed E-state index contributed by atoms with van der Waals surface area (Å²) in [5, 5.41) is 0. The maximum absolute atomic E-state index is 13.0. The van der Waals surface area contributed by atoms with Gasteiger partial charge < -0.3 is 10.2 Å². The van der Waals surface area contributed by atoms with Crippen LogP contribution in [0.5, 0.6) is 0 Å². The van der Waals surface area contributed by atoms with E-state index in [0.717, 1.165) is 42.4 Å². The predicted octanol–water partition coefficient (Wildman–Crippen LogP) is 4.21. The molecule has 0 saturated heterocycles. The minimum absolute atomic E-state index is 0.00608. The topological polar surface area (TPSA) is 111 Å². The number of nitrogen functional groups attached to an aromatic ring is 1. The molecule has 1 fully saturated rings. The highest BCUT2D eigenvalue weighted by atomic mass is 32.2. The van der Waals surface area contributed by atoms with Gasteiger partial charge in [-0.25, -0.2) is 23.1 Å². The van der Waals surface area contributed by atoms with Gasteiger partial charge in [0.05, 0.1) is 16.7 Å². The molecule has 4 rings (SSSR count). The minimum atomic E-state index is -3.60. The molecule has 1 aliphatic rings. The van der Waals surface area contributed by atoms with Crippen molar-refractivity contribution in [1.29, 1.82) is 0 Å². The number of aromatic nitrogens is 2. The Morgan fingerprint density at radius 2 is 1.80 bits per heavy atom. The van der Waals surface area contributed by atoms with Gasteiger partial charge in [0.15, 0.2) is 0 Å². The molecule has 3 aromatic rings. The van der Waals surface area contributed by atoms with Gasteiger partial charge in [0.1, 0.15) is 11.6 Å². The molecule has 0 spiro atoms. The molecule has 2 heterocycles. The second-order valence-corrected chi connectivity index (χ2v) is 9.58. The summed E-state index contributed by atoms with van der Waals surface area (Å²) in [6.45, 7) is 3.74. The number of aryl methyl sites for hydroxylation is 2. The van der Waals surface area contributed by atoms with Crippen LogP contribution in [0.4, 0.5) is 5.82 Å². The lowest BCUT2D eigenvalue weighted by atomic mass is 9.96. The van der Waals surface area contributed by atoms with Crippen molar-refractivity contribution >= 4 is 15.8 Å². The van der Waals surface area contributed by atoms with Gasteiger partial charge in [-0.3, -0.25) is 0 Å². The van der Waals surface area contributed by atoms with Gasteiger partial charge in [0.25, 0.3) is 0 Å². The lowest BCUT2D eigenvalue weighted by molar-refractivity contribution is 0.412. The first kappa shape index (κ1) is 20.6. The van der Waals surface area contributed by atoms with Gasteiger partial charge in [-0.05, 0) is 56.0 Å². The zero-order valence-corrected chi connectivity index (χ0v) is 18.0. The summed E-state index contributed by atoms with van der Waals surface area (Å²) >= 11 is 0. The largest absolute Gasteiger partial charge is 0.441 e. The van der Waals surface area contributed by atoms with Crippen LogP contribution < -0.4 is 10.5 Å². The molecule has 1 aliphatic carbocycles. The van der Waals surface area contributed by atoms with Gasteiger partial charge in [-0.1, -0.05) is 25.3 Å². The summed E-state index contributed by atoms with van der Waals surface area (Å²) in [7, 11) is -3.60. The third-order valence-corrected chi connectivity index (χ3v) is 7.05. The van der Waals surface area contributed by atoms with Crippen LogP contribution in [0.25, 0.3) is 22.6 Å². The monoisotopic (exact) mass is 426 g/mol. The summed E-state index contributed by atoms with van der Waals surface area (Å²) in [5.74, 6) is 1.37. The van der Waals surface area contributed by atoms with E-state index in [1.165, 1.54) is 6.42 Å². The normalized spacial score (nSPS) is 15.4. The standard InChI is InChI=1S/C22H26N4O3S/c1-14-8-9-18(30(27,28)26-17-6-4-3-5-7-17)11-19(14)16-10-20(21(23)24-13-16)22-25-12-15(2)29-22/h8-13,17,26H,3-7H2,1-2H3,(H2,23,24). The minimum Gasteiger partial charge on any atom is -0.441 e. The third kappa shape index (κ3) is 4.24. The van der Waals surface area contributed by atoms with Crippen LogP contribution in [0.15, 0.2) is 46.0 Å². The van der Waals surface area contributed by atoms with E-state index in [-0.39, 0.29) is 10.9 Å². The molecule has 1 saturated carbocycles. The number of hydrogen-bond donors (Lipinski definition) is 2. The van der Waals surface area contributed by atoms with Crippen LogP contribution in [0.3, 0.4) is 0 Å². The molecule has 0 unspecified atom stereocenters. The fraction of sp³-hybridized carbons (Fsp3) is 0.364. The molecule has 30 heavy (non-hydrogen) atoms. The number of anilines is 1. The maximum atomic E-state index is 13.0. The van der Waals surface area contributed by atoms with Gasteiger partial charge in [-0.2, -0.15) is 0 Å². The number of hydrogen-bond acceptors (Lipinski definition) is 6. The SMILES string of the molecule is Cc1cnc(-c2cc(-c3cc(S(=O)(=O)NC4CCCCC4)ccc3C)cnc2N)o1. The molecule has 8 heteroatoms. The number of nitrogens with zero attached hydrogens (tertiary/aromatic N) is 2. The Morgan fingerprint density at radius 1 is 1.03 bits per heavy atom. The highest BCUT2D eigenvalue weighted by molar-refractivity contribution is 7.89. The van der Waals surface area contributed by atoms with Crippen LogP contribution in [0.2, 0.25) is 0 Å². The van der Waals surface area contributed by atoms with Crippen molar-refractivity contribution in [2.24, 2.45) is 0 Å². The van der Waals surface area contributed by atoms with Crippen LogP contribution in [0, 0.1) is 13.8 Å². The van der Waals surface area contributed by atoms with E-state index < -0.39 is 10.0 Å². The molecule has 0 amide bonds. The van der Waals surface area contributed by atoms with Gasteiger partial charge in [0, 0.05) is 17.8 Å². The van der Waals surface area contributed by atoms with Crippen molar-refractivity contribution in [1.82, 2.24) is 14.7 Å². The first-order valence-electron chi connectivity index (χ1n) is 10.2. The van der Waals surface area contributed by atoms with E-state index >= 15 is 0 Å². The lowest BCUT2D eigenvalue weighted by Gasteiger charge is -2.22. The van der Waals surface area contributed by atoms with Crippen molar-refractivity contribution in [2.75, 3.05) is 5.73 Å². The summed E-state index contributed by atoms with van der Waals surface area (Å²) in [6, 6.07) is 6.99. The fourth-order valence-corrected chi connectivity index (χ4v) is 5.19. The summed E-state index contributed by atoms with van der Waals surface area (Å²) < 4.78 is 34.4. The Kier molecular flexibility index (Phi) is 5.62. The number of oxazole rings is 1. The smallest absolute Gasteiger partial charge is 0.240 e. The van der Waals surface area contributed by atoms with E-state index in [2.05, 4.69) is 14.7 Å². The van der Waals surface area contributed by atoms with Crippen molar-refractivity contribution < 1.29 is 12.8 Å². The van der Waals surface area contributed by atoms with Crippen molar-refractivity contribution in [3.8, 4) is 22.6 Å². The summed E-state index contributed by atoms with van der Waals surface area (Å²) in [4.78, 5) is 8.76. The molecule has 7 nitrogen and oxygen atoms in total. The molecular formula is C22H26N4O3S. The summed E-state index contributed by atoms with van der Waals surface area (Å²) in [6.07, 6.45) is 8.33. The Bertz CT molecular complexity index is 1160. The van der Waals surface area contributed by atoms with Crippen LogP contribution in [-0.4, -0.2) is 24.4 Å². The highest BCUT2D eigenvalue weighted by Gasteiger charge is 2.23. The number of nitrogens with two attached hydrogens (primary N) is 1. The van der Waals surface area contributed by atoms with Crippen molar-refractivity contribution in [3.63, 3.8) is 0 Å². The molecule has 3 N–H and O–H groups in total. The van der Waals surface area contributed by atoms with Crippen molar-refractivity contribution in [3.05, 3.63) is 48.0 Å². The molecule has 0 radical (unpaired) electrons. The van der Waals surface area contributed by atoms with Crippen molar-refractivity contribution in [2.45, 2.75) is 56.9 Å². The molecule has 0 aliphatic heterocycles. The first-order valence-corrected chi connectivity index (χ1v) is 11.6.